The van der Waals surface area contributed by atoms with Gasteiger partial charge in [-0.15, -0.1) is 0 Å². The Kier molecular flexibility index (Phi) is 3.44. The van der Waals surface area contributed by atoms with E-state index in [1.807, 2.05) is 31.2 Å². The van der Waals surface area contributed by atoms with E-state index in [1.54, 1.807) is 7.11 Å². The lowest BCUT2D eigenvalue weighted by molar-refractivity contribution is 0.414. The molecule has 4 nitrogen and oxygen atoms in total. The molecule has 2 N–H and O–H groups in total. The highest BCUT2D eigenvalue weighted by atomic mass is 16.5. The van der Waals surface area contributed by atoms with E-state index in [9.17, 15) is 0 Å². The molecule has 0 radical (unpaired) electrons. The van der Waals surface area contributed by atoms with E-state index in [-0.39, 0.29) is 0 Å². The molecule has 0 bridgehead atoms. The van der Waals surface area contributed by atoms with Gasteiger partial charge in [0.2, 0.25) is 5.89 Å². The second-order valence-electron chi connectivity index (χ2n) is 3.67. The first-order valence-corrected chi connectivity index (χ1v) is 5.61. The van der Waals surface area contributed by atoms with Crippen LogP contribution >= 0.6 is 0 Å². The number of nitrogens with two attached hydrogens (primary N) is 1. The van der Waals surface area contributed by atoms with Crippen LogP contribution in [0.2, 0.25) is 0 Å². The predicted molar refractivity (Wildman–Crippen MR) is 65.8 cm³/mol. The van der Waals surface area contributed by atoms with Gasteiger partial charge in [0.1, 0.15) is 5.75 Å². The quantitative estimate of drug-likeness (QED) is 0.879. The summed E-state index contributed by atoms with van der Waals surface area (Å²) in [7, 11) is 1.64. The highest BCUT2D eigenvalue weighted by Crippen LogP contribution is 2.28. The molecule has 1 heterocycles. The second kappa shape index (κ2) is 5.01. The summed E-state index contributed by atoms with van der Waals surface area (Å²) in [6, 6.07) is 7.73. The molecular weight excluding hydrogens is 216 g/mol. The normalized spacial score (nSPS) is 10.5. The first kappa shape index (κ1) is 11.7. The van der Waals surface area contributed by atoms with Crippen molar-refractivity contribution in [2.24, 2.45) is 5.73 Å². The Morgan fingerprint density at radius 1 is 1.41 bits per heavy atom. The average Bonchev–Trinajstić information content (AvgIpc) is 2.82. The highest BCUT2D eigenvalue weighted by molar-refractivity contribution is 5.62. The molecule has 0 saturated heterocycles. The van der Waals surface area contributed by atoms with Crippen molar-refractivity contribution in [3.63, 3.8) is 0 Å². The molecule has 1 aromatic carbocycles. The maximum atomic E-state index is 5.65. The number of aryl methyl sites for hydroxylation is 1. The summed E-state index contributed by atoms with van der Waals surface area (Å²) in [6.45, 7) is 2.36. The van der Waals surface area contributed by atoms with Gasteiger partial charge in [0, 0.05) is 5.56 Å². The number of ether oxygens (including phenoxy) is 1. The Morgan fingerprint density at radius 3 is 2.88 bits per heavy atom. The first-order chi connectivity index (χ1) is 8.28. The van der Waals surface area contributed by atoms with Crippen LogP contribution in [-0.4, -0.2) is 12.1 Å². The number of oxazole rings is 1. The van der Waals surface area contributed by atoms with Crippen molar-refractivity contribution < 1.29 is 9.15 Å². The van der Waals surface area contributed by atoms with Crippen LogP contribution in [0.3, 0.4) is 0 Å². The SMILES string of the molecule is CCc1nc(CN)oc1-c1cccc(OC)c1. The summed E-state index contributed by atoms with van der Waals surface area (Å²) < 4.78 is 10.8. The number of methoxy groups -OCH3 is 1. The van der Waals surface area contributed by atoms with Crippen molar-refractivity contribution in [3.05, 3.63) is 35.9 Å². The molecule has 2 aromatic rings. The van der Waals surface area contributed by atoms with Crippen LogP contribution in [0.5, 0.6) is 5.75 Å². The molecule has 1 aromatic heterocycles. The van der Waals surface area contributed by atoms with E-state index < -0.39 is 0 Å². The van der Waals surface area contributed by atoms with Crippen molar-refractivity contribution in [1.82, 2.24) is 4.98 Å². The molecule has 0 saturated carbocycles. The minimum atomic E-state index is 0.316. The smallest absolute Gasteiger partial charge is 0.208 e. The minimum Gasteiger partial charge on any atom is -0.497 e. The molecule has 0 unspecified atom stereocenters. The summed E-state index contributed by atoms with van der Waals surface area (Å²) in [4.78, 5) is 4.35. The van der Waals surface area contributed by atoms with Gasteiger partial charge >= 0.3 is 0 Å². The van der Waals surface area contributed by atoms with Crippen molar-refractivity contribution in [2.45, 2.75) is 19.9 Å². The zero-order valence-electron chi connectivity index (χ0n) is 10.1. The number of rotatable bonds is 4. The van der Waals surface area contributed by atoms with Crippen LogP contribution in [0.1, 0.15) is 18.5 Å². The van der Waals surface area contributed by atoms with E-state index in [0.29, 0.717) is 12.4 Å². The maximum absolute atomic E-state index is 5.65. The summed E-state index contributed by atoms with van der Waals surface area (Å²) in [6.07, 6.45) is 0.816. The monoisotopic (exact) mass is 232 g/mol. The van der Waals surface area contributed by atoms with Gasteiger partial charge in [-0.1, -0.05) is 19.1 Å². The van der Waals surface area contributed by atoms with Gasteiger partial charge in [0.25, 0.3) is 0 Å². The molecule has 2 rings (SSSR count). The van der Waals surface area contributed by atoms with Gasteiger partial charge in [0.15, 0.2) is 5.76 Å². The third kappa shape index (κ3) is 2.31. The van der Waals surface area contributed by atoms with Crippen LogP contribution in [0, 0.1) is 0 Å². The summed E-state index contributed by atoms with van der Waals surface area (Å²) in [5.41, 5.74) is 7.44. The highest BCUT2D eigenvalue weighted by Gasteiger charge is 2.13. The molecule has 0 spiro atoms. The standard InChI is InChI=1S/C13H16N2O2/c1-3-11-13(17-12(8-14)15-11)9-5-4-6-10(7-9)16-2/h4-7H,3,8,14H2,1-2H3. The van der Waals surface area contributed by atoms with Crippen molar-refractivity contribution >= 4 is 0 Å². The third-order valence-electron chi connectivity index (χ3n) is 2.58. The van der Waals surface area contributed by atoms with Gasteiger partial charge in [0.05, 0.1) is 19.3 Å². The molecule has 0 aliphatic carbocycles. The molecule has 90 valence electrons. The molecule has 17 heavy (non-hydrogen) atoms. The van der Waals surface area contributed by atoms with E-state index >= 15 is 0 Å². The Balaban J connectivity index is 2.47. The average molecular weight is 232 g/mol. The lowest BCUT2D eigenvalue weighted by atomic mass is 10.1. The number of nitrogens with zero attached hydrogens (tertiary/aromatic N) is 1. The lowest BCUT2D eigenvalue weighted by Gasteiger charge is -2.02. The van der Waals surface area contributed by atoms with Crippen LogP contribution in [-0.2, 0) is 13.0 Å². The molecule has 4 heteroatoms. The summed E-state index contributed by atoms with van der Waals surface area (Å²) in [5.74, 6) is 2.15. The van der Waals surface area contributed by atoms with Gasteiger partial charge in [-0.25, -0.2) is 4.98 Å². The predicted octanol–water partition coefficient (Wildman–Crippen LogP) is 2.37. The lowest BCUT2D eigenvalue weighted by Crippen LogP contribution is -1.95. The first-order valence-electron chi connectivity index (χ1n) is 5.61. The Hall–Kier alpha value is -1.81. The Labute approximate surface area is 100 Å². The van der Waals surface area contributed by atoms with Gasteiger partial charge in [-0.3, -0.25) is 0 Å². The van der Waals surface area contributed by atoms with Crippen LogP contribution in [0.25, 0.3) is 11.3 Å². The van der Waals surface area contributed by atoms with Crippen LogP contribution in [0.15, 0.2) is 28.7 Å². The van der Waals surface area contributed by atoms with Gasteiger partial charge in [-0.05, 0) is 18.6 Å². The molecule has 0 amide bonds. The summed E-state index contributed by atoms with van der Waals surface area (Å²) >= 11 is 0. The topological polar surface area (TPSA) is 61.3 Å². The molecule has 0 aliphatic rings. The largest absolute Gasteiger partial charge is 0.497 e. The Bertz CT molecular complexity index is 506. The summed E-state index contributed by atoms with van der Waals surface area (Å²) in [5, 5.41) is 0. The zero-order chi connectivity index (χ0) is 12.3. The Morgan fingerprint density at radius 2 is 2.24 bits per heavy atom. The van der Waals surface area contributed by atoms with Gasteiger partial charge in [-0.2, -0.15) is 0 Å². The number of benzene rings is 1. The van der Waals surface area contributed by atoms with E-state index in [4.69, 9.17) is 14.9 Å². The fourth-order valence-corrected chi connectivity index (χ4v) is 1.72. The van der Waals surface area contributed by atoms with Crippen molar-refractivity contribution in [1.29, 1.82) is 0 Å². The zero-order valence-corrected chi connectivity index (χ0v) is 10.1. The minimum absolute atomic E-state index is 0.316. The molecule has 0 aliphatic heterocycles. The second-order valence-corrected chi connectivity index (χ2v) is 3.67. The van der Waals surface area contributed by atoms with E-state index in [1.165, 1.54) is 0 Å². The number of aromatic nitrogens is 1. The van der Waals surface area contributed by atoms with Crippen LogP contribution in [0.4, 0.5) is 0 Å². The fraction of sp³-hybridized carbons (Fsp3) is 0.308. The van der Waals surface area contributed by atoms with E-state index in [0.717, 1.165) is 29.2 Å². The molecule has 0 fully saturated rings. The third-order valence-corrected chi connectivity index (χ3v) is 2.58. The molecular formula is C13H16N2O2. The van der Waals surface area contributed by atoms with Gasteiger partial charge < -0.3 is 14.9 Å². The van der Waals surface area contributed by atoms with E-state index in [2.05, 4.69) is 4.98 Å². The fourth-order valence-electron chi connectivity index (χ4n) is 1.72. The maximum Gasteiger partial charge on any atom is 0.208 e. The van der Waals surface area contributed by atoms with Crippen LogP contribution < -0.4 is 10.5 Å². The van der Waals surface area contributed by atoms with Crippen molar-refractivity contribution in [3.8, 4) is 17.1 Å². The molecule has 0 atom stereocenters. The number of hydrogen-bond acceptors (Lipinski definition) is 4. The number of hydrogen-bond donors (Lipinski definition) is 1. The van der Waals surface area contributed by atoms with Crippen molar-refractivity contribution in [2.75, 3.05) is 7.11 Å².